The Balaban J connectivity index is 2.59. The number of aromatic nitrogens is 1. The molecular weight excluding hydrogens is 380 g/mol. The number of nitrogen functional groups attached to an aromatic ring is 1. The van der Waals surface area contributed by atoms with E-state index in [9.17, 15) is 4.79 Å². The van der Waals surface area contributed by atoms with Crippen LogP contribution in [0.4, 0.5) is 5.13 Å². The van der Waals surface area contributed by atoms with E-state index in [2.05, 4.69) is 36.8 Å². The number of halogens is 2. The first-order valence-corrected chi connectivity index (χ1v) is 7.15. The molecule has 4 nitrogen and oxygen atoms in total. The van der Waals surface area contributed by atoms with E-state index < -0.39 is 5.97 Å². The second-order valence-corrected chi connectivity index (χ2v) is 7.02. The minimum absolute atomic E-state index is 0.00347. The summed E-state index contributed by atoms with van der Waals surface area (Å²) in [7, 11) is 0. The molecule has 0 saturated carbocycles. The summed E-state index contributed by atoms with van der Waals surface area (Å²) in [6, 6.07) is 1.84. The second kappa shape index (κ2) is 4.44. The lowest BCUT2D eigenvalue weighted by atomic mass is 10.3. The lowest BCUT2D eigenvalue weighted by molar-refractivity contribution is 0.0692. The number of aromatic carboxylic acids is 1. The van der Waals surface area contributed by atoms with E-state index in [1.165, 1.54) is 22.7 Å². The van der Waals surface area contributed by atoms with Crippen LogP contribution in [-0.4, -0.2) is 16.1 Å². The highest BCUT2D eigenvalue weighted by atomic mass is 79.9. The highest BCUT2D eigenvalue weighted by molar-refractivity contribution is 9.13. The molecule has 2 rings (SSSR count). The molecule has 0 aliphatic carbocycles. The van der Waals surface area contributed by atoms with Gasteiger partial charge in [0.25, 0.3) is 0 Å². The topological polar surface area (TPSA) is 76.2 Å². The number of thiazole rings is 1. The van der Waals surface area contributed by atoms with Crippen LogP contribution >= 0.6 is 54.5 Å². The average Bonchev–Trinajstić information content (AvgIpc) is 2.71. The number of nitrogens with two attached hydrogens (primary N) is 1. The molecule has 2 heterocycles. The summed E-state index contributed by atoms with van der Waals surface area (Å²) in [5, 5.41) is 9.24. The van der Waals surface area contributed by atoms with Crippen molar-refractivity contribution in [1.82, 2.24) is 4.98 Å². The molecule has 16 heavy (non-hydrogen) atoms. The van der Waals surface area contributed by atoms with Crippen LogP contribution in [0.3, 0.4) is 0 Å². The lowest BCUT2D eigenvalue weighted by Gasteiger charge is -1.92. The van der Waals surface area contributed by atoms with Crippen molar-refractivity contribution in [1.29, 1.82) is 0 Å². The van der Waals surface area contributed by atoms with Gasteiger partial charge in [-0.25, -0.2) is 9.78 Å². The maximum atomic E-state index is 11.0. The minimum atomic E-state index is -1.07. The SMILES string of the molecule is Nc1nc(C(=O)O)c(-c2cc(Br)c(Br)s2)s1. The van der Waals surface area contributed by atoms with Gasteiger partial charge in [0.15, 0.2) is 10.8 Å². The minimum Gasteiger partial charge on any atom is -0.476 e. The normalized spacial score (nSPS) is 10.6. The number of rotatable bonds is 2. The molecule has 0 amide bonds. The standard InChI is InChI=1S/C8H4Br2N2O2S2/c9-2-1-3(15-6(2)10)5-4(7(13)14)12-8(11)16-5/h1H,(H2,11,12)(H,13,14). The summed E-state index contributed by atoms with van der Waals surface area (Å²) in [5.74, 6) is -1.07. The van der Waals surface area contributed by atoms with Gasteiger partial charge in [-0.3, -0.25) is 0 Å². The second-order valence-electron chi connectivity index (χ2n) is 2.77. The number of hydrogen-bond acceptors (Lipinski definition) is 5. The third-order valence-electron chi connectivity index (χ3n) is 1.72. The predicted molar refractivity (Wildman–Crippen MR) is 72.2 cm³/mol. The fourth-order valence-electron chi connectivity index (χ4n) is 1.11. The van der Waals surface area contributed by atoms with Gasteiger partial charge in [-0.15, -0.1) is 11.3 Å². The van der Waals surface area contributed by atoms with Crippen molar-refractivity contribution in [3.8, 4) is 9.75 Å². The van der Waals surface area contributed by atoms with E-state index in [1.54, 1.807) is 0 Å². The molecule has 0 spiro atoms. The third kappa shape index (κ3) is 2.15. The Labute approximate surface area is 115 Å². The Morgan fingerprint density at radius 1 is 1.44 bits per heavy atom. The van der Waals surface area contributed by atoms with E-state index in [1.807, 2.05) is 6.07 Å². The first-order chi connectivity index (χ1) is 7.49. The van der Waals surface area contributed by atoms with Crippen molar-refractivity contribution in [3.05, 3.63) is 20.0 Å². The van der Waals surface area contributed by atoms with Crippen molar-refractivity contribution in [3.63, 3.8) is 0 Å². The van der Waals surface area contributed by atoms with Crippen LogP contribution < -0.4 is 5.73 Å². The van der Waals surface area contributed by atoms with E-state index in [0.717, 1.165) is 13.1 Å². The van der Waals surface area contributed by atoms with Crippen LogP contribution in [0, 0.1) is 0 Å². The van der Waals surface area contributed by atoms with Crippen LogP contribution in [0.5, 0.6) is 0 Å². The maximum absolute atomic E-state index is 11.0. The largest absolute Gasteiger partial charge is 0.476 e. The molecular formula is C8H4Br2N2O2S2. The fourth-order valence-corrected chi connectivity index (χ4v) is 4.07. The summed E-state index contributed by atoms with van der Waals surface area (Å²) in [6.07, 6.45) is 0. The number of anilines is 1. The van der Waals surface area contributed by atoms with Crippen molar-refractivity contribution < 1.29 is 9.90 Å². The molecule has 2 aromatic heterocycles. The molecule has 0 saturated heterocycles. The lowest BCUT2D eigenvalue weighted by Crippen LogP contribution is -1.98. The summed E-state index contributed by atoms with van der Waals surface area (Å²) < 4.78 is 1.79. The van der Waals surface area contributed by atoms with E-state index in [0.29, 0.717) is 4.88 Å². The Morgan fingerprint density at radius 2 is 2.12 bits per heavy atom. The first kappa shape index (κ1) is 12.0. The molecule has 0 atom stereocenters. The van der Waals surface area contributed by atoms with E-state index >= 15 is 0 Å². The summed E-state index contributed by atoms with van der Waals surface area (Å²) in [4.78, 5) is 16.2. The molecule has 2 aromatic rings. The van der Waals surface area contributed by atoms with Crippen molar-refractivity contribution in [2.24, 2.45) is 0 Å². The van der Waals surface area contributed by atoms with Gasteiger partial charge in [0, 0.05) is 9.35 Å². The fraction of sp³-hybridized carbons (Fsp3) is 0. The third-order valence-corrected chi connectivity index (χ3v) is 6.04. The van der Waals surface area contributed by atoms with Gasteiger partial charge in [-0.05, 0) is 37.9 Å². The van der Waals surface area contributed by atoms with Gasteiger partial charge >= 0.3 is 5.97 Å². The zero-order valence-electron chi connectivity index (χ0n) is 7.53. The smallest absolute Gasteiger partial charge is 0.356 e. The summed E-state index contributed by atoms with van der Waals surface area (Å²) >= 11 is 9.32. The number of thiophene rings is 1. The van der Waals surface area contributed by atoms with Crippen LogP contribution in [0.25, 0.3) is 9.75 Å². The monoisotopic (exact) mass is 382 g/mol. The molecule has 0 aromatic carbocycles. The number of carbonyl (C=O) groups is 1. The Bertz CT molecular complexity index is 545. The molecule has 84 valence electrons. The average molecular weight is 384 g/mol. The molecule has 0 fully saturated rings. The van der Waals surface area contributed by atoms with Crippen LogP contribution in [0.2, 0.25) is 0 Å². The zero-order valence-corrected chi connectivity index (χ0v) is 12.3. The predicted octanol–water partition coefficient (Wildman–Crippen LogP) is 3.68. The molecule has 0 unspecified atom stereocenters. The van der Waals surface area contributed by atoms with E-state index in [4.69, 9.17) is 10.8 Å². The van der Waals surface area contributed by atoms with Crippen molar-refractivity contribution in [2.45, 2.75) is 0 Å². The van der Waals surface area contributed by atoms with Gasteiger partial charge in [0.1, 0.15) is 0 Å². The zero-order chi connectivity index (χ0) is 11.9. The summed E-state index contributed by atoms with van der Waals surface area (Å²) in [6.45, 7) is 0. The van der Waals surface area contributed by atoms with Crippen LogP contribution in [0.15, 0.2) is 14.3 Å². The highest BCUT2D eigenvalue weighted by Crippen LogP contribution is 2.42. The number of hydrogen-bond donors (Lipinski definition) is 2. The Hall–Kier alpha value is -0.440. The molecule has 0 aliphatic rings. The molecule has 0 radical (unpaired) electrons. The van der Waals surface area contributed by atoms with Crippen LogP contribution in [-0.2, 0) is 0 Å². The van der Waals surface area contributed by atoms with Crippen molar-refractivity contribution >= 4 is 65.6 Å². The van der Waals surface area contributed by atoms with Gasteiger partial charge in [0.05, 0.1) is 8.66 Å². The van der Waals surface area contributed by atoms with Crippen molar-refractivity contribution in [2.75, 3.05) is 5.73 Å². The Morgan fingerprint density at radius 3 is 2.62 bits per heavy atom. The molecule has 3 N–H and O–H groups in total. The van der Waals surface area contributed by atoms with Gasteiger partial charge in [-0.1, -0.05) is 11.3 Å². The molecule has 0 bridgehead atoms. The molecule has 8 heteroatoms. The van der Waals surface area contributed by atoms with Gasteiger partial charge < -0.3 is 10.8 Å². The Kier molecular flexibility index (Phi) is 3.34. The van der Waals surface area contributed by atoms with Crippen LogP contribution in [0.1, 0.15) is 10.5 Å². The van der Waals surface area contributed by atoms with E-state index in [-0.39, 0.29) is 10.8 Å². The highest BCUT2D eigenvalue weighted by Gasteiger charge is 2.20. The van der Waals surface area contributed by atoms with Gasteiger partial charge in [-0.2, -0.15) is 0 Å². The summed E-state index contributed by atoms with van der Waals surface area (Å²) in [5.41, 5.74) is 5.53. The first-order valence-electron chi connectivity index (χ1n) is 3.94. The number of carboxylic acids is 1. The quantitative estimate of drug-likeness (QED) is 0.829. The maximum Gasteiger partial charge on any atom is 0.356 e. The number of carboxylic acid groups (broad SMARTS) is 1. The van der Waals surface area contributed by atoms with Gasteiger partial charge in [0.2, 0.25) is 0 Å². The number of nitrogens with zero attached hydrogens (tertiary/aromatic N) is 1. The molecule has 0 aliphatic heterocycles.